The maximum atomic E-state index is 12.2. The van der Waals surface area contributed by atoms with Crippen LogP contribution >= 0.6 is 0 Å². The van der Waals surface area contributed by atoms with Crippen LogP contribution in [0.2, 0.25) is 0 Å². The first kappa shape index (κ1) is 14.0. The molecule has 5 heteroatoms. The fourth-order valence-corrected chi connectivity index (χ4v) is 1.65. The Kier molecular flexibility index (Phi) is 5.17. The Labute approximate surface area is 107 Å². The molecular weight excluding hydrogens is 232 g/mol. The average molecular weight is 250 g/mol. The van der Waals surface area contributed by atoms with Crippen molar-refractivity contribution < 1.29 is 14.7 Å². The highest BCUT2D eigenvalue weighted by atomic mass is 16.4. The standard InChI is InChI=1S/C13H18N2O3/c1-3-9-14(2)13(18)15(10-12(16)17)11-7-5-4-6-8-11/h4-8H,3,9-10H2,1-2H3,(H,16,17). The number of carbonyl (C=O) groups excluding carboxylic acids is 1. The molecule has 1 N–H and O–H groups in total. The maximum absolute atomic E-state index is 12.2. The smallest absolute Gasteiger partial charge is 0.324 e. The van der Waals surface area contributed by atoms with E-state index in [0.29, 0.717) is 12.2 Å². The van der Waals surface area contributed by atoms with Gasteiger partial charge in [0.25, 0.3) is 0 Å². The van der Waals surface area contributed by atoms with Crippen molar-refractivity contribution in [3.05, 3.63) is 30.3 Å². The minimum atomic E-state index is -1.03. The number of anilines is 1. The van der Waals surface area contributed by atoms with Gasteiger partial charge in [0.15, 0.2) is 0 Å². The number of hydrogen-bond acceptors (Lipinski definition) is 2. The van der Waals surface area contributed by atoms with Crippen LogP contribution in [-0.4, -0.2) is 42.1 Å². The highest BCUT2D eigenvalue weighted by molar-refractivity contribution is 5.96. The summed E-state index contributed by atoms with van der Waals surface area (Å²) in [5.74, 6) is -1.03. The Balaban J connectivity index is 2.91. The Hall–Kier alpha value is -2.04. The molecule has 0 bridgehead atoms. The van der Waals surface area contributed by atoms with Crippen LogP contribution < -0.4 is 4.90 Å². The minimum Gasteiger partial charge on any atom is -0.480 e. The van der Waals surface area contributed by atoms with Crippen LogP contribution in [0.1, 0.15) is 13.3 Å². The summed E-state index contributed by atoms with van der Waals surface area (Å²) in [5.41, 5.74) is 0.591. The average Bonchev–Trinajstić information content (AvgIpc) is 2.36. The molecule has 0 unspecified atom stereocenters. The lowest BCUT2D eigenvalue weighted by atomic mass is 10.3. The van der Waals surface area contributed by atoms with Crippen molar-refractivity contribution in [1.82, 2.24) is 4.90 Å². The zero-order valence-corrected chi connectivity index (χ0v) is 10.7. The highest BCUT2D eigenvalue weighted by Crippen LogP contribution is 2.14. The molecule has 1 rings (SSSR count). The van der Waals surface area contributed by atoms with Crippen LogP contribution in [-0.2, 0) is 4.79 Å². The van der Waals surface area contributed by atoms with Crippen molar-refractivity contribution in [2.75, 3.05) is 25.0 Å². The third-order valence-corrected chi connectivity index (χ3v) is 2.48. The summed E-state index contributed by atoms with van der Waals surface area (Å²) in [5, 5.41) is 8.89. The number of benzene rings is 1. The third kappa shape index (κ3) is 3.76. The van der Waals surface area contributed by atoms with E-state index in [0.717, 1.165) is 6.42 Å². The molecule has 0 saturated heterocycles. The van der Waals surface area contributed by atoms with E-state index in [4.69, 9.17) is 5.11 Å². The summed E-state index contributed by atoms with van der Waals surface area (Å²) < 4.78 is 0. The molecule has 2 amide bonds. The number of carboxylic acid groups (broad SMARTS) is 1. The third-order valence-electron chi connectivity index (χ3n) is 2.48. The van der Waals surface area contributed by atoms with Crippen LogP contribution in [0.25, 0.3) is 0 Å². The van der Waals surface area contributed by atoms with Gasteiger partial charge in [-0.25, -0.2) is 4.79 Å². The number of aliphatic carboxylic acids is 1. The van der Waals surface area contributed by atoms with E-state index in [1.165, 1.54) is 9.80 Å². The lowest BCUT2D eigenvalue weighted by Gasteiger charge is -2.26. The predicted octanol–water partition coefficient (Wildman–Crippen LogP) is 2.04. The van der Waals surface area contributed by atoms with Crippen molar-refractivity contribution >= 4 is 17.7 Å². The summed E-state index contributed by atoms with van der Waals surface area (Å²) in [6, 6.07) is 8.52. The van der Waals surface area contributed by atoms with E-state index in [9.17, 15) is 9.59 Å². The molecule has 1 aromatic rings. The van der Waals surface area contributed by atoms with Crippen molar-refractivity contribution in [3.8, 4) is 0 Å². The topological polar surface area (TPSA) is 60.9 Å². The number of carbonyl (C=O) groups is 2. The summed E-state index contributed by atoms with van der Waals surface area (Å²) in [6.45, 7) is 2.23. The molecule has 0 fully saturated rings. The molecule has 0 aliphatic carbocycles. The first-order valence-corrected chi connectivity index (χ1v) is 5.85. The van der Waals surface area contributed by atoms with Gasteiger partial charge < -0.3 is 10.0 Å². The number of para-hydroxylation sites is 1. The Morgan fingerprint density at radius 2 is 1.83 bits per heavy atom. The van der Waals surface area contributed by atoms with Crippen molar-refractivity contribution in [2.24, 2.45) is 0 Å². The lowest BCUT2D eigenvalue weighted by Crippen LogP contribution is -2.44. The second-order valence-electron chi connectivity index (χ2n) is 4.02. The fourth-order valence-electron chi connectivity index (χ4n) is 1.65. The summed E-state index contributed by atoms with van der Waals surface area (Å²) in [6.07, 6.45) is 0.831. The summed E-state index contributed by atoms with van der Waals surface area (Å²) >= 11 is 0. The SMILES string of the molecule is CCCN(C)C(=O)N(CC(=O)O)c1ccccc1. The zero-order chi connectivity index (χ0) is 13.5. The van der Waals surface area contributed by atoms with Crippen molar-refractivity contribution in [1.29, 1.82) is 0 Å². The fraction of sp³-hybridized carbons (Fsp3) is 0.385. The van der Waals surface area contributed by atoms with E-state index < -0.39 is 5.97 Å². The number of hydrogen-bond donors (Lipinski definition) is 1. The Bertz CT molecular complexity index is 406. The van der Waals surface area contributed by atoms with Gasteiger partial charge >= 0.3 is 12.0 Å². The largest absolute Gasteiger partial charge is 0.480 e. The molecule has 0 saturated carbocycles. The number of nitrogens with zero attached hydrogens (tertiary/aromatic N) is 2. The van der Waals surface area contributed by atoms with E-state index in [1.807, 2.05) is 13.0 Å². The molecule has 0 aliphatic heterocycles. The molecule has 0 heterocycles. The van der Waals surface area contributed by atoms with Crippen molar-refractivity contribution in [2.45, 2.75) is 13.3 Å². The van der Waals surface area contributed by atoms with Crippen LogP contribution in [0, 0.1) is 0 Å². The Morgan fingerprint density at radius 3 is 2.33 bits per heavy atom. The van der Waals surface area contributed by atoms with Gasteiger partial charge in [-0.1, -0.05) is 25.1 Å². The number of urea groups is 1. The molecule has 0 aliphatic rings. The molecule has 18 heavy (non-hydrogen) atoms. The van der Waals surface area contributed by atoms with Crippen molar-refractivity contribution in [3.63, 3.8) is 0 Å². The van der Waals surface area contributed by atoms with Gasteiger partial charge in [-0.3, -0.25) is 9.69 Å². The molecule has 5 nitrogen and oxygen atoms in total. The van der Waals surface area contributed by atoms with Crippen LogP contribution in [0.4, 0.5) is 10.5 Å². The summed E-state index contributed by atoms with van der Waals surface area (Å²) in [7, 11) is 1.67. The second-order valence-corrected chi connectivity index (χ2v) is 4.02. The zero-order valence-electron chi connectivity index (χ0n) is 10.7. The maximum Gasteiger partial charge on any atom is 0.324 e. The second kappa shape index (κ2) is 6.64. The first-order chi connectivity index (χ1) is 8.56. The Morgan fingerprint density at radius 1 is 1.22 bits per heavy atom. The normalized spacial score (nSPS) is 9.89. The summed E-state index contributed by atoms with van der Waals surface area (Å²) in [4.78, 5) is 25.8. The van der Waals surface area contributed by atoms with Crippen LogP contribution in [0.15, 0.2) is 30.3 Å². The van der Waals surface area contributed by atoms with E-state index in [2.05, 4.69) is 0 Å². The highest BCUT2D eigenvalue weighted by Gasteiger charge is 2.21. The molecule has 0 radical (unpaired) electrons. The first-order valence-electron chi connectivity index (χ1n) is 5.85. The van der Waals surface area contributed by atoms with Crippen LogP contribution in [0.3, 0.4) is 0 Å². The quantitative estimate of drug-likeness (QED) is 0.869. The monoisotopic (exact) mass is 250 g/mol. The number of amides is 2. The molecule has 98 valence electrons. The van der Waals surface area contributed by atoms with Gasteiger partial charge in [0.1, 0.15) is 6.54 Å². The molecule has 1 aromatic carbocycles. The molecular formula is C13H18N2O3. The lowest BCUT2D eigenvalue weighted by molar-refractivity contribution is -0.135. The number of rotatable bonds is 5. The number of carboxylic acids is 1. The van der Waals surface area contributed by atoms with Gasteiger partial charge in [0.05, 0.1) is 0 Å². The van der Waals surface area contributed by atoms with Gasteiger partial charge in [-0.15, -0.1) is 0 Å². The molecule has 0 atom stereocenters. The van der Waals surface area contributed by atoms with Crippen LogP contribution in [0.5, 0.6) is 0 Å². The van der Waals surface area contributed by atoms with E-state index in [-0.39, 0.29) is 12.6 Å². The van der Waals surface area contributed by atoms with Gasteiger partial charge in [0, 0.05) is 19.3 Å². The van der Waals surface area contributed by atoms with E-state index in [1.54, 1.807) is 31.3 Å². The minimum absolute atomic E-state index is 0.301. The van der Waals surface area contributed by atoms with Gasteiger partial charge in [-0.05, 0) is 18.6 Å². The van der Waals surface area contributed by atoms with Gasteiger partial charge in [0.2, 0.25) is 0 Å². The molecule has 0 aromatic heterocycles. The van der Waals surface area contributed by atoms with E-state index >= 15 is 0 Å². The predicted molar refractivity (Wildman–Crippen MR) is 69.7 cm³/mol. The molecule has 0 spiro atoms. The van der Waals surface area contributed by atoms with Gasteiger partial charge in [-0.2, -0.15) is 0 Å².